The molecule has 0 aliphatic carbocycles. The highest BCUT2D eigenvalue weighted by atomic mass is 16.2. The number of amides is 1. The number of hydrogen-bond acceptors (Lipinski definition) is 5. The van der Waals surface area contributed by atoms with Crippen LogP contribution in [-0.2, 0) is 10.2 Å². The van der Waals surface area contributed by atoms with E-state index in [9.17, 15) is 4.79 Å². The van der Waals surface area contributed by atoms with Crippen molar-refractivity contribution in [3.05, 3.63) is 47.9 Å². The van der Waals surface area contributed by atoms with Crippen LogP contribution in [0.5, 0.6) is 0 Å². The molecular weight excluding hydrogens is 388 g/mol. The Morgan fingerprint density at radius 3 is 2.68 bits per heavy atom. The number of aromatic nitrogens is 3. The number of carbonyl (C=O) groups excluding carboxylic acids is 1. The summed E-state index contributed by atoms with van der Waals surface area (Å²) in [6.07, 6.45) is 4.91. The van der Waals surface area contributed by atoms with Crippen LogP contribution in [0.25, 0.3) is 11.0 Å². The summed E-state index contributed by atoms with van der Waals surface area (Å²) in [5.41, 5.74) is 9.60. The third kappa shape index (κ3) is 4.02. The minimum atomic E-state index is -0.576. The van der Waals surface area contributed by atoms with Crippen molar-refractivity contribution in [1.29, 1.82) is 0 Å². The molecule has 0 saturated carbocycles. The fourth-order valence-corrected chi connectivity index (χ4v) is 4.33. The molecule has 7 nitrogen and oxygen atoms in total. The number of hydrogen-bond donors (Lipinski definition) is 3. The molecular formula is C24H32N6O. The summed E-state index contributed by atoms with van der Waals surface area (Å²) < 4.78 is 0. The van der Waals surface area contributed by atoms with E-state index in [0.717, 1.165) is 41.2 Å². The molecule has 7 heteroatoms. The van der Waals surface area contributed by atoms with Crippen molar-refractivity contribution in [2.24, 2.45) is 11.1 Å². The number of rotatable bonds is 4. The lowest BCUT2D eigenvalue weighted by Crippen LogP contribution is -2.50. The first-order valence-electron chi connectivity index (χ1n) is 10.9. The summed E-state index contributed by atoms with van der Waals surface area (Å²) in [4.78, 5) is 27.6. The third-order valence-corrected chi connectivity index (χ3v) is 6.53. The summed E-state index contributed by atoms with van der Waals surface area (Å²) in [6, 6.07) is 8.09. The molecule has 164 valence electrons. The van der Waals surface area contributed by atoms with Crippen LogP contribution < -0.4 is 16.0 Å². The van der Waals surface area contributed by atoms with Crippen molar-refractivity contribution in [1.82, 2.24) is 15.0 Å². The monoisotopic (exact) mass is 420 g/mol. The average molecular weight is 421 g/mol. The molecule has 31 heavy (non-hydrogen) atoms. The number of carbonyl (C=O) groups is 1. The number of piperidine rings is 1. The van der Waals surface area contributed by atoms with Crippen LogP contribution in [0.3, 0.4) is 0 Å². The number of nitrogens with two attached hydrogens (primary N) is 1. The molecule has 0 bridgehead atoms. The second kappa shape index (κ2) is 7.96. The zero-order chi connectivity index (χ0) is 22.2. The molecule has 4 N–H and O–H groups in total. The fourth-order valence-electron chi connectivity index (χ4n) is 4.33. The highest BCUT2D eigenvalue weighted by Crippen LogP contribution is 2.36. The predicted molar refractivity (Wildman–Crippen MR) is 125 cm³/mol. The molecule has 3 heterocycles. The Hall–Kier alpha value is -2.93. The van der Waals surface area contributed by atoms with E-state index in [1.165, 1.54) is 5.56 Å². The van der Waals surface area contributed by atoms with E-state index in [1.807, 2.05) is 18.3 Å². The Morgan fingerprint density at radius 1 is 1.26 bits per heavy atom. The van der Waals surface area contributed by atoms with Crippen LogP contribution in [0.4, 0.5) is 11.5 Å². The Balaban J connectivity index is 1.51. The van der Waals surface area contributed by atoms with Crippen LogP contribution in [0.15, 0.2) is 36.8 Å². The van der Waals surface area contributed by atoms with E-state index in [0.29, 0.717) is 19.4 Å². The van der Waals surface area contributed by atoms with Crippen molar-refractivity contribution >= 4 is 28.4 Å². The van der Waals surface area contributed by atoms with E-state index in [2.05, 4.69) is 65.0 Å². The molecule has 0 atom stereocenters. The van der Waals surface area contributed by atoms with Gasteiger partial charge in [0.1, 0.15) is 17.8 Å². The number of fused-ring (bicyclic) bond motifs is 1. The largest absolute Gasteiger partial charge is 0.356 e. The van der Waals surface area contributed by atoms with E-state index in [-0.39, 0.29) is 11.3 Å². The molecule has 0 unspecified atom stereocenters. The molecule has 1 aliphatic rings. The number of aromatic amines is 1. The molecule has 1 aliphatic heterocycles. The summed E-state index contributed by atoms with van der Waals surface area (Å²) in [5.74, 6) is 0.930. The lowest BCUT2D eigenvalue weighted by atomic mass is 9.77. The van der Waals surface area contributed by atoms with Crippen molar-refractivity contribution in [3.8, 4) is 0 Å². The first kappa shape index (κ1) is 21.3. The Morgan fingerprint density at radius 2 is 2.00 bits per heavy atom. The van der Waals surface area contributed by atoms with Crippen LogP contribution in [0, 0.1) is 12.3 Å². The molecule has 1 amide bonds. The number of H-pyrrole nitrogens is 1. The van der Waals surface area contributed by atoms with Gasteiger partial charge in [-0.1, -0.05) is 32.9 Å². The van der Waals surface area contributed by atoms with E-state index >= 15 is 0 Å². The van der Waals surface area contributed by atoms with Gasteiger partial charge in [0.15, 0.2) is 0 Å². The average Bonchev–Trinajstić information content (AvgIpc) is 3.14. The van der Waals surface area contributed by atoms with Crippen molar-refractivity contribution in [2.75, 3.05) is 29.9 Å². The van der Waals surface area contributed by atoms with E-state index < -0.39 is 5.41 Å². The maximum atomic E-state index is 13.3. The van der Waals surface area contributed by atoms with Crippen molar-refractivity contribution < 1.29 is 4.79 Å². The van der Waals surface area contributed by atoms with Crippen LogP contribution in [-0.4, -0.2) is 40.5 Å². The van der Waals surface area contributed by atoms with Gasteiger partial charge in [0, 0.05) is 31.5 Å². The molecule has 3 aromatic rings. The summed E-state index contributed by atoms with van der Waals surface area (Å²) >= 11 is 0. The molecule has 4 rings (SSSR count). The SMILES string of the molecule is Cc1c[nH]c2ncnc(N3CCC(CN)(C(=O)Nc4cccc(C(C)(C)C)c4)CC3)c12. The Labute approximate surface area is 183 Å². The molecule has 1 saturated heterocycles. The number of aryl methyl sites for hydroxylation is 1. The van der Waals surface area contributed by atoms with Crippen LogP contribution in [0.1, 0.15) is 44.7 Å². The number of anilines is 2. The van der Waals surface area contributed by atoms with Gasteiger partial charge in [-0.05, 0) is 48.4 Å². The Kier molecular flexibility index (Phi) is 5.47. The summed E-state index contributed by atoms with van der Waals surface area (Å²) in [5, 5.41) is 4.18. The third-order valence-electron chi connectivity index (χ3n) is 6.53. The van der Waals surface area contributed by atoms with Gasteiger partial charge in [0.25, 0.3) is 0 Å². The Bertz CT molecular complexity index is 1090. The molecule has 2 aromatic heterocycles. The van der Waals surface area contributed by atoms with Gasteiger partial charge in [-0.25, -0.2) is 9.97 Å². The molecule has 1 fully saturated rings. The van der Waals surface area contributed by atoms with Gasteiger partial charge >= 0.3 is 0 Å². The standard InChI is InChI=1S/C24H32N6O/c1-16-13-26-20-19(16)21(28-15-27-20)30-10-8-24(14-25,9-11-30)22(31)29-18-7-5-6-17(12-18)23(2,3)4/h5-7,12-13,15H,8-11,14,25H2,1-4H3,(H,29,31)(H,26,27,28). The van der Waals surface area contributed by atoms with Gasteiger partial charge < -0.3 is 20.9 Å². The van der Waals surface area contributed by atoms with Crippen molar-refractivity contribution in [3.63, 3.8) is 0 Å². The quantitative estimate of drug-likeness (QED) is 0.597. The topological polar surface area (TPSA) is 99.9 Å². The zero-order valence-electron chi connectivity index (χ0n) is 18.8. The fraction of sp³-hybridized carbons (Fsp3) is 0.458. The first-order valence-corrected chi connectivity index (χ1v) is 10.9. The minimum Gasteiger partial charge on any atom is -0.356 e. The van der Waals surface area contributed by atoms with Crippen molar-refractivity contribution in [2.45, 2.75) is 46.0 Å². The number of nitrogens with zero attached hydrogens (tertiary/aromatic N) is 3. The predicted octanol–water partition coefficient (Wildman–Crippen LogP) is 3.75. The molecule has 1 aromatic carbocycles. The highest BCUT2D eigenvalue weighted by molar-refractivity contribution is 5.96. The lowest BCUT2D eigenvalue weighted by molar-refractivity contribution is -0.126. The lowest BCUT2D eigenvalue weighted by Gasteiger charge is -2.40. The maximum Gasteiger partial charge on any atom is 0.232 e. The number of nitrogens with one attached hydrogen (secondary N) is 2. The zero-order valence-corrected chi connectivity index (χ0v) is 18.8. The summed E-state index contributed by atoms with van der Waals surface area (Å²) in [6.45, 7) is 10.3. The van der Waals surface area contributed by atoms with Crippen LogP contribution in [0.2, 0.25) is 0 Å². The highest BCUT2D eigenvalue weighted by Gasteiger charge is 2.41. The second-order valence-corrected chi connectivity index (χ2v) is 9.65. The first-order chi connectivity index (χ1) is 14.7. The second-order valence-electron chi connectivity index (χ2n) is 9.65. The van der Waals surface area contributed by atoms with Gasteiger partial charge in [-0.3, -0.25) is 4.79 Å². The van der Waals surface area contributed by atoms with E-state index in [1.54, 1.807) is 6.33 Å². The van der Waals surface area contributed by atoms with Gasteiger partial charge in [0.05, 0.1) is 10.8 Å². The maximum absolute atomic E-state index is 13.3. The normalized spacial score (nSPS) is 16.5. The smallest absolute Gasteiger partial charge is 0.232 e. The summed E-state index contributed by atoms with van der Waals surface area (Å²) in [7, 11) is 0. The molecule has 0 spiro atoms. The molecule has 0 radical (unpaired) electrons. The van der Waals surface area contributed by atoms with Gasteiger partial charge in [0.2, 0.25) is 5.91 Å². The van der Waals surface area contributed by atoms with Gasteiger partial charge in [-0.2, -0.15) is 0 Å². The minimum absolute atomic E-state index is 0.00590. The number of benzene rings is 1. The van der Waals surface area contributed by atoms with Crippen LogP contribution >= 0.6 is 0 Å². The van der Waals surface area contributed by atoms with Gasteiger partial charge in [-0.15, -0.1) is 0 Å². The van der Waals surface area contributed by atoms with E-state index in [4.69, 9.17) is 5.73 Å².